The van der Waals surface area contributed by atoms with Gasteiger partial charge in [-0.3, -0.25) is 5.32 Å². The van der Waals surface area contributed by atoms with Gasteiger partial charge in [-0.25, -0.2) is 9.78 Å². The summed E-state index contributed by atoms with van der Waals surface area (Å²) in [4.78, 5) is 16.5. The molecule has 0 unspecified atom stereocenters. The van der Waals surface area contributed by atoms with E-state index in [0.29, 0.717) is 11.7 Å². The predicted octanol–water partition coefficient (Wildman–Crippen LogP) is 3.76. The van der Waals surface area contributed by atoms with Crippen LogP contribution >= 0.6 is 11.8 Å². The quantitative estimate of drug-likeness (QED) is 0.860. The second-order valence-corrected chi connectivity index (χ2v) is 7.27. The summed E-state index contributed by atoms with van der Waals surface area (Å²) in [5.41, 5.74) is -0.504. The summed E-state index contributed by atoms with van der Waals surface area (Å²) in [6.07, 6.45) is 1.93. The van der Waals surface area contributed by atoms with Gasteiger partial charge in [0.15, 0.2) is 5.82 Å². The van der Waals surface area contributed by atoms with Gasteiger partial charge >= 0.3 is 6.09 Å². The number of imidazole rings is 1. The maximum Gasteiger partial charge on any atom is 0.413 e. The van der Waals surface area contributed by atoms with Crippen molar-refractivity contribution in [1.29, 1.82) is 0 Å². The molecule has 0 atom stereocenters. The van der Waals surface area contributed by atoms with Crippen LogP contribution in [0.2, 0.25) is 0 Å². The van der Waals surface area contributed by atoms with Crippen LogP contribution in [0.3, 0.4) is 0 Å². The molecular formula is C14H23N3O2S. The number of carbonyl (C=O) groups excluding carboxylic acids is 1. The van der Waals surface area contributed by atoms with E-state index in [4.69, 9.17) is 4.74 Å². The monoisotopic (exact) mass is 297 g/mol. The summed E-state index contributed by atoms with van der Waals surface area (Å²) in [5, 5.41) is 3.78. The highest BCUT2D eigenvalue weighted by molar-refractivity contribution is 7.99. The van der Waals surface area contributed by atoms with Gasteiger partial charge in [-0.2, -0.15) is 0 Å². The molecule has 0 aliphatic heterocycles. The maximum atomic E-state index is 11.9. The Hall–Kier alpha value is -1.17. The van der Waals surface area contributed by atoms with E-state index in [1.54, 1.807) is 11.8 Å². The molecule has 1 N–H and O–H groups in total. The van der Waals surface area contributed by atoms with Crippen LogP contribution < -0.4 is 5.32 Å². The van der Waals surface area contributed by atoms with Gasteiger partial charge in [0.1, 0.15) is 16.5 Å². The molecule has 5 nitrogen and oxygen atoms in total. The Labute approximate surface area is 124 Å². The van der Waals surface area contributed by atoms with Gasteiger partial charge in [-0.1, -0.05) is 6.92 Å². The van der Waals surface area contributed by atoms with E-state index in [-0.39, 0.29) is 0 Å². The molecule has 112 valence electrons. The number of carbonyl (C=O) groups is 1. The first-order valence-electron chi connectivity index (χ1n) is 7.01. The van der Waals surface area contributed by atoms with E-state index < -0.39 is 11.7 Å². The van der Waals surface area contributed by atoms with Crippen molar-refractivity contribution in [2.24, 2.45) is 7.05 Å². The lowest BCUT2D eigenvalue weighted by Crippen LogP contribution is -2.27. The van der Waals surface area contributed by atoms with Gasteiger partial charge in [0.05, 0.1) is 0 Å². The van der Waals surface area contributed by atoms with E-state index >= 15 is 0 Å². The first kappa shape index (κ1) is 15.2. The third-order valence-corrected chi connectivity index (χ3v) is 3.95. The average molecular weight is 297 g/mol. The number of hydrogen-bond donors (Lipinski definition) is 1. The van der Waals surface area contributed by atoms with Crippen LogP contribution in [0.4, 0.5) is 10.6 Å². The molecule has 1 saturated carbocycles. The van der Waals surface area contributed by atoms with Crippen LogP contribution in [-0.4, -0.2) is 27.0 Å². The van der Waals surface area contributed by atoms with Crippen molar-refractivity contribution in [1.82, 2.24) is 9.55 Å². The summed E-state index contributed by atoms with van der Waals surface area (Å²) >= 11 is 1.68. The van der Waals surface area contributed by atoms with Crippen LogP contribution in [0.5, 0.6) is 0 Å². The molecule has 20 heavy (non-hydrogen) atoms. The Balaban J connectivity index is 2.17. The second-order valence-electron chi connectivity index (χ2n) is 6.02. The van der Waals surface area contributed by atoms with Crippen molar-refractivity contribution >= 4 is 23.7 Å². The number of nitrogens with one attached hydrogen (secondary N) is 1. The SMILES string of the molecule is CCSc1c(NC(=O)OC(C)(C)C)nc(C2CC2)n1C. The zero-order chi connectivity index (χ0) is 14.9. The molecule has 1 aliphatic carbocycles. The van der Waals surface area contributed by atoms with Gasteiger partial charge in [0.2, 0.25) is 0 Å². The van der Waals surface area contributed by atoms with Crippen LogP contribution in [-0.2, 0) is 11.8 Å². The first-order valence-corrected chi connectivity index (χ1v) is 7.99. The highest BCUT2D eigenvalue weighted by Gasteiger charge is 2.31. The third kappa shape index (κ3) is 3.69. The smallest absolute Gasteiger partial charge is 0.413 e. The number of hydrogen-bond acceptors (Lipinski definition) is 4. The second kappa shape index (κ2) is 5.68. The molecule has 0 radical (unpaired) electrons. The van der Waals surface area contributed by atoms with Gasteiger partial charge < -0.3 is 9.30 Å². The van der Waals surface area contributed by atoms with Crippen molar-refractivity contribution in [2.45, 2.75) is 57.1 Å². The fraction of sp³-hybridized carbons (Fsp3) is 0.714. The molecule has 2 rings (SSSR count). The highest BCUT2D eigenvalue weighted by atomic mass is 32.2. The predicted molar refractivity (Wildman–Crippen MR) is 81.4 cm³/mol. The molecule has 1 heterocycles. The van der Waals surface area contributed by atoms with Crippen LogP contribution in [0.1, 0.15) is 52.3 Å². The van der Waals surface area contributed by atoms with Gasteiger partial charge in [0, 0.05) is 13.0 Å². The number of thioether (sulfide) groups is 1. The Kier molecular flexibility index (Phi) is 4.32. The van der Waals surface area contributed by atoms with Crippen molar-refractivity contribution in [3.63, 3.8) is 0 Å². The summed E-state index contributed by atoms with van der Waals surface area (Å²) in [6, 6.07) is 0. The summed E-state index contributed by atoms with van der Waals surface area (Å²) < 4.78 is 7.39. The van der Waals surface area contributed by atoms with Crippen molar-refractivity contribution in [3.05, 3.63) is 5.82 Å². The third-order valence-electron chi connectivity index (χ3n) is 2.92. The lowest BCUT2D eigenvalue weighted by Gasteiger charge is -2.19. The molecule has 1 aromatic heterocycles. The molecule has 1 aromatic rings. The fourth-order valence-electron chi connectivity index (χ4n) is 1.99. The lowest BCUT2D eigenvalue weighted by molar-refractivity contribution is 0.0635. The standard InChI is InChI=1S/C14H23N3O2S/c1-6-20-12-10(16-13(18)19-14(2,3)4)15-11(17(12)5)9-7-8-9/h9H,6-8H2,1-5H3,(H,16,18). The highest BCUT2D eigenvalue weighted by Crippen LogP contribution is 2.42. The minimum absolute atomic E-state index is 0.448. The van der Waals surface area contributed by atoms with Crippen LogP contribution in [0.15, 0.2) is 5.03 Å². The Morgan fingerprint density at radius 3 is 2.65 bits per heavy atom. The van der Waals surface area contributed by atoms with E-state index in [1.165, 1.54) is 12.8 Å². The zero-order valence-electron chi connectivity index (χ0n) is 12.8. The molecule has 1 aliphatic rings. The van der Waals surface area contributed by atoms with Crippen molar-refractivity contribution in [3.8, 4) is 0 Å². The maximum absolute atomic E-state index is 11.9. The van der Waals surface area contributed by atoms with Gasteiger partial charge in [-0.15, -0.1) is 11.8 Å². The number of ether oxygens (including phenoxy) is 1. The normalized spacial score (nSPS) is 15.2. The minimum atomic E-state index is -0.504. The minimum Gasteiger partial charge on any atom is -0.444 e. The number of rotatable bonds is 4. The number of amides is 1. The summed E-state index contributed by atoms with van der Waals surface area (Å²) in [5.74, 6) is 3.17. The van der Waals surface area contributed by atoms with E-state index in [1.807, 2.05) is 27.8 Å². The fourth-order valence-corrected chi connectivity index (χ4v) is 2.78. The molecular weight excluding hydrogens is 274 g/mol. The lowest BCUT2D eigenvalue weighted by atomic mass is 10.2. The molecule has 0 bridgehead atoms. The Bertz CT molecular complexity index is 501. The van der Waals surface area contributed by atoms with Gasteiger partial charge in [0.25, 0.3) is 0 Å². The summed E-state index contributed by atoms with van der Waals surface area (Å²) in [7, 11) is 2.01. The van der Waals surface area contributed by atoms with Crippen LogP contribution in [0.25, 0.3) is 0 Å². The largest absolute Gasteiger partial charge is 0.444 e. The molecule has 6 heteroatoms. The summed E-state index contributed by atoms with van der Waals surface area (Å²) in [6.45, 7) is 7.64. The van der Waals surface area contributed by atoms with Gasteiger partial charge in [-0.05, 0) is 39.4 Å². The Morgan fingerprint density at radius 2 is 2.15 bits per heavy atom. The first-order chi connectivity index (χ1) is 9.31. The number of anilines is 1. The van der Waals surface area contributed by atoms with E-state index in [2.05, 4.69) is 21.8 Å². The molecule has 1 amide bonds. The molecule has 1 fully saturated rings. The molecule has 0 aromatic carbocycles. The number of aromatic nitrogens is 2. The number of nitrogens with zero attached hydrogens (tertiary/aromatic N) is 2. The molecule has 0 spiro atoms. The zero-order valence-corrected chi connectivity index (χ0v) is 13.6. The van der Waals surface area contributed by atoms with Crippen molar-refractivity contribution < 1.29 is 9.53 Å². The average Bonchev–Trinajstić information content (AvgIpc) is 3.08. The molecule has 0 saturated heterocycles. The van der Waals surface area contributed by atoms with E-state index in [9.17, 15) is 4.79 Å². The van der Waals surface area contributed by atoms with E-state index in [0.717, 1.165) is 16.6 Å². The topological polar surface area (TPSA) is 56.1 Å². The van der Waals surface area contributed by atoms with Crippen molar-refractivity contribution in [2.75, 3.05) is 11.1 Å². The van der Waals surface area contributed by atoms with Crippen LogP contribution in [0, 0.1) is 0 Å². The Morgan fingerprint density at radius 1 is 1.50 bits per heavy atom.